The molecule has 296 valence electrons. The number of aromatic nitrogens is 2. The van der Waals surface area contributed by atoms with Gasteiger partial charge in [-0.3, -0.25) is 0 Å². The number of hydrogen-bond donors (Lipinski definition) is 2. The van der Waals surface area contributed by atoms with E-state index in [4.69, 9.17) is 9.47 Å². The Morgan fingerprint density at radius 2 is 1.42 bits per heavy atom. The number of aliphatic hydroxyl groups excluding tert-OH is 2. The topological polar surface area (TPSA) is 123 Å². The molecular formula is C46H61N3O6. The summed E-state index contributed by atoms with van der Waals surface area (Å²) in [6, 6.07) is 0. The van der Waals surface area contributed by atoms with Gasteiger partial charge in [0.2, 0.25) is 0 Å². The van der Waals surface area contributed by atoms with E-state index in [2.05, 4.69) is 41.2 Å². The van der Waals surface area contributed by atoms with Crippen molar-refractivity contribution in [3.05, 3.63) is 127 Å². The van der Waals surface area contributed by atoms with Gasteiger partial charge in [-0.05, 0) is 50.2 Å². The molecule has 9 heteroatoms. The summed E-state index contributed by atoms with van der Waals surface area (Å²) in [4.78, 5) is 36.0. The number of carbonyl (C=O) groups excluding carboxylic acids is 2. The number of imidazole rings is 1. The standard InChI is InChI=1S/C46H61N3O6/c1-9-19-38(50)45(4,5)40-25-15-13-11-12-14-21-32(3)29-42-48-37(31-49(42)8)44(53)55-41(46(6,7)39(51)20-10-2)26-18-23-34-30-33(34)22-16-17-24-35-27-28-36(47-35)43(52)54-40/h9-24,28,31-34,38-41,50-51H,25-27,29-30H2,1-8H3/b12-11-,15-13-,19-9+,20-10+,21-14+,22-16+,23-18-,24-17-/t32-,33+,34-,38-,39-,40-,41-/m0/s1. The fourth-order valence-corrected chi connectivity index (χ4v) is 6.55. The van der Waals surface area contributed by atoms with Crippen LogP contribution in [0.2, 0.25) is 0 Å². The normalized spacial score (nSPS) is 29.5. The van der Waals surface area contributed by atoms with Crippen molar-refractivity contribution in [1.29, 1.82) is 0 Å². The number of rotatable bonds is 6. The fraction of sp³-hybridized carbons (Fsp3) is 0.478. The Morgan fingerprint density at radius 3 is 2.09 bits per heavy atom. The van der Waals surface area contributed by atoms with Crippen molar-refractivity contribution in [2.45, 2.75) is 105 Å². The van der Waals surface area contributed by atoms with E-state index in [0.29, 0.717) is 37.5 Å². The van der Waals surface area contributed by atoms with E-state index in [1.165, 1.54) is 0 Å². The first-order valence-corrected chi connectivity index (χ1v) is 19.5. The minimum atomic E-state index is -0.814. The Hall–Kier alpha value is -4.60. The van der Waals surface area contributed by atoms with Crippen LogP contribution in [-0.4, -0.2) is 61.8 Å². The molecule has 2 aliphatic heterocycles. The average Bonchev–Trinajstić information content (AvgIpc) is 3.51. The quantitative estimate of drug-likeness (QED) is 0.221. The summed E-state index contributed by atoms with van der Waals surface area (Å²) < 4.78 is 14.0. The second kappa shape index (κ2) is 19.8. The first-order valence-electron chi connectivity index (χ1n) is 19.5. The lowest BCUT2D eigenvalue weighted by molar-refractivity contribution is -0.153. The monoisotopic (exact) mass is 751 g/mol. The average molecular weight is 752 g/mol. The number of ether oxygens (including phenoxy) is 2. The van der Waals surface area contributed by atoms with E-state index in [1.807, 2.05) is 102 Å². The van der Waals surface area contributed by atoms with E-state index < -0.39 is 47.2 Å². The molecule has 4 bridgehead atoms. The van der Waals surface area contributed by atoms with E-state index in [0.717, 1.165) is 18.0 Å². The molecular weight excluding hydrogens is 691 g/mol. The van der Waals surface area contributed by atoms with Crippen molar-refractivity contribution in [1.82, 2.24) is 9.55 Å². The van der Waals surface area contributed by atoms with Crippen LogP contribution in [0.3, 0.4) is 0 Å². The number of cyclic esters (lactones) is 2. The van der Waals surface area contributed by atoms with Crippen LogP contribution in [0.15, 0.2) is 120 Å². The van der Waals surface area contributed by atoms with Crippen molar-refractivity contribution < 1.29 is 29.3 Å². The van der Waals surface area contributed by atoms with Gasteiger partial charge in [-0.15, -0.1) is 0 Å². The molecule has 4 rings (SSSR count). The molecule has 3 aliphatic rings. The molecule has 0 aromatic carbocycles. The van der Waals surface area contributed by atoms with Gasteiger partial charge in [-0.1, -0.05) is 126 Å². The Kier molecular flexibility index (Phi) is 15.5. The van der Waals surface area contributed by atoms with Crippen molar-refractivity contribution in [2.24, 2.45) is 40.6 Å². The largest absolute Gasteiger partial charge is 0.457 e. The van der Waals surface area contributed by atoms with E-state index in [1.54, 1.807) is 36.6 Å². The van der Waals surface area contributed by atoms with Gasteiger partial charge >= 0.3 is 11.9 Å². The number of carbonyl (C=O) groups is 2. The summed E-state index contributed by atoms with van der Waals surface area (Å²) in [5.74, 6) is 0.649. The van der Waals surface area contributed by atoms with Gasteiger partial charge < -0.3 is 24.3 Å². The molecule has 0 amide bonds. The molecule has 1 aromatic rings. The Balaban J connectivity index is 1.57. The van der Waals surface area contributed by atoms with Gasteiger partial charge in [0.25, 0.3) is 0 Å². The third-order valence-corrected chi connectivity index (χ3v) is 10.7. The number of fused-ring (bicyclic) bond motifs is 4. The maximum absolute atomic E-state index is 13.5. The first kappa shape index (κ1) is 43.1. The van der Waals surface area contributed by atoms with Crippen molar-refractivity contribution >= 4 is 17.7 Å². The molecule has 1 fully saturated rings. The predicted octanol–water partition coefficient (Wildman–Crippen LogP) is 8.46. The molecule has 0 unspecified atom stereocenters. The van der Waals surface area contributed by atoms with Crippen LogP contribution >= 0.6 is 0 Å². The zero-order chi connectivity index (χ0) is 40.2. The number of aliphatic imine (C=N–C) groups is 1. The number of hydrogen-bond acceptors (Lipinski definition) is 8. The van der Waals surface area contributed by atoms with Crippen molar-refractivity contribution in [2.75, 3.05) is 0 Å². The molecule has 3 heterocycles. The van der Waals surface area contributed by atoms with Gasteiger partial charge in [0, 0.05) is 55.5 Å². The Morgan fingerprint density at radius 1 is 0.818 bits per heavy atom. The van der Waals surface area contributed by atoms with Gasteiger partial charge in [0.05, 0.1) is 12.2 Å². The highest BCUT2D eigenvalue weighted by molar-refractivity contribution is 6.04. The molecule has 0 saturated heterocycles. The molecule has 1 saturated carbocycles. The molecule has 2 N–H and O–H groups in total. The highest BCUT2D eigenvalue weighted by atomic mass is 16.6. The summed E-state index contributed by atoms with van der Waals surface area (Å²) >= 11 is 0. The Labute approximate surface area is 328 Å². The molecule has 9 nitrogen and oxygen atoms in total. The SMILES string of the molecule is C/C=C/[C@H](O)C(C)(C)[C@@H]1C\C=C/C=C\C=C\[C@H](C)Cc2nc(cn2C)C(=O)O[C@H](C(C)(C)[C@@H](O)/C=C/C)C/C=C\[C@H]2C[C@H]2/C=C/C=C\C2=NC(=CC2)C(=O)O1. The summed E-state index contributed by atoms with van der Waals surface area (Å²) in [5.41, 5.74) is -0.228. The molecule has 0 radical (unpaired) electrons. The number of aryl methyl sites for hydroxylation is 1. The van der Waals surface area contributed by atoms with Gasteiger partial charge in [0.15, 0.2) is 5.69 Å². The second-order valence-electron chi connectivity index (χ2n) is 16.0. The van der Waals surface area contributed by atoms with Crippen LogP contribution in [0.4, 0.5) is 0 Å². The first-order chi connectivity index (χ1) is 26.2. The van der Waals surface area contributed by atoms with Crippen LogP contribution in [0.25, 0.3) is 0 Å². The summed E-state index contributed by atoms with van der Waals surface area (Å²) in [5, 5.41) is 21.9. The number of nitrogens with zero attached hydrogens (tertiary/aromatic N) is 3. The number of aliphatic hydroxyl groups is 2. The van der Waals surface area contributed by atoms with Crippen LogP contribution < -0.4 is 0 Å². The smallest absolute Gasteiger partial charge is 0.358 e. The van der Waals surface area contributed by atoms with Crippen molar-refractivity contribution in [3.63, 3.8) is 0 Å². The minimum Gasteiger partial charge on any atom is -0.457 e. The minimum absolute atomic E-state index is 0.133. The highest BCUT2D eigenvalue weighted by Crippen LogP contribution is 2.41. The number of allylic oxidation sites excluding steroid dienone is 13. The zero-order valence-corrected chi connectivity index (χ0v) is 33.8. The highest BCUT2D eigenvalue weighted by Gasteiger charge is 2.40. The van der Waals surface area contributed by atoms with Gasteiger partial charge in [0.1, 0.15) is 23.7 Å². The molecule has 1 aliphatic carbocycles. The Bertz CT molecular complexity index is 1800. The fourth-order valence-electron chi connectivity index (χ4n) is 6.55. The number of esters is 2. The van der Waals surface area contributed by atoms with E-state index in [9.17, 15) is 19.8 Å². The molecule has 7 atom stereocenters. The molecule has 55 heavy (non-hydrogen) atoms. The summed E-state index contributed by atoms with van der Waals surface area (Å²) in [6.07, 6.45) is 34.7. The predicted molar refractivity (Wildman–Crippen MR) is 220 cm³/mol. The second-order valence-corrected chi connectivity index (χ2v) is 16.0. The zero-order valence-electron chi connectivity index (χ0n) is 33.8. The van der Waals surface area contributed by atoms with Crippen molar-refractivity contribution in [3.8, 4) is 0 Å². The third kappa shape index (κ3) is 12.2. The van der Waals surface area contributed by atoms with Crippen LogP contribution in [0, 0.1) is 28.6 Å². The summed E-state index contributed by atoms with van der Waals surface area (Å²) in [6.45, 7) is 13.4. The molecule has 1 aromatic heterocycles. The van der Waals surface area contributed by atoms with Crippen LogP contribution in [0.5, 0.6) is 0 Å². The lowest BCUT2D eigenvalue weighted by Crippen LogP contribution is -2.42. The lowest BCUT2D eigenvalue weighted by Gasteiger charge is -2.36. The maximum Gasteiger partial charge on any atom is 0.358 e. The van der Waals surface area contributed by atoms with Crippen LogP contribution in [0.1, 0.15) is 90.5 Å². The van der Waals surface area contributed by atoms with Gasteiger partial charge in [-0.2, -0.15) is 0 Å². The third-order valence-electron chi connectivity index (χ3n) is 10.7. The van der Waals surface area contributed by atoms with Crippen LogP contribution in [-0.2, 0) is 27.7 Å². The summed E-state index contributed by atoms with van der Waals surface area (Å²) in [7, 11) is 1.87. The molecule has 0 spiro atoms. The lowest BCUT2D eigenvalue weighted by atomic mass is 9.79. The maximum atomic E-state index is 13.5. The van der Waals surface area contributed by atoms with E-state index in [-0.39, 0.29) is 17.3 Å². The van der Waals surface area contributed by atoms with Gasteiger partial charge in [-0.25, -0.2) is 19.6 Å². The van der Waals surface area contributed by atoms with E-state index >= 15 is 0 Å².